The molecule has 0 N–H and O–H groups in total. The average molecular weight is 182 g/mol. The summed E-state index contributed by atoms with van der Waals surface area (Å²) in [6, 6.07) is 3.82. The first kappa shape index (κ1) is 8.67. The van der Waals surface area contributed by atoms with Crippen LogP contribution in [0.2, 0.25) is 0 Å². The molecule has 0 aromatic heterocycles. The summed E-state index contributed by atoms with van der Waals surface area (Å²) >= 11 is 0. The van der Waals surface area contributed by atoms with Crippen LogP contribution in [-0.2, 0) is 0 Å². The number of hydrogen-bond donors (Lipinski definition) is 0. The minimum atomic E-state index is -0.461. The lowest BCUT2D eigenvalue weighted by Gasteiger charge is -1.99. The monoisotopic (exact) mass is 182 g/mol. The van der Waals surface area contributed by atoms with Crippen molar-refractivity contribution in [2.24, 2.45) is 5.92 Å². The molecule has 0 saturated heterocycles. The fourth-order valence-electron chi connectivity index (χ4n) is 1.90. The summed E-state index contributed by atoms with van der Waals surface area (Å²) in [4.78, 5) is 0. The summed E-state index contributed by atoms with van der Waals surface area (Å²) in [7, 11) is 0. The molecule has 70 valence electrons. The first-order valence-electron chi connectivity index (χ1n) is 4.66. The Balaban J connectivity index is 2.22. The van der Waals surface area contributed by atoms with Gasteiger partial charge < -0.3 is 0 Å². The highest BCUT2D eigenvalue weighted by molar-refractivity contribution is 5.27. The van der Waals surface area contributed by atoms with Gasteiger partial charge in [0.25, 0.3) is 0 Å². The maximum atomic E-state index is 12.8. The van der Waals surface area contributed by atoms with Crippen LogP contribution in [0.1, 0.15) is 31.2 Å². The van der Waals surface area contributed by atoms with Crippen LogP contribution in [0.25, 0.3) is 0 Å². The van der Waals surface area contributed by atoms with Gasteiger partial charge in [-0.05, 0) is 36.0 Å². The van der Waals surface area contributed by atoms with Gasteiger partial charge in [-0.1, -0.05) is 13.3 Å². The second kappa shape index (κ2) is 3.09. The van der Waals surface area contributed by atoms with E-state index in [9.17, 15) is 8.78 Å². The van der Waals surface area contributed by atoms with E-state index < -0.39 is 11.6 Å². The molecule has 1 aliphatic carbocycles. The first-order valence-corrected chi connectivity index (χ1v) is 4.66. The van der Waals surface area contributed by atoms with E-state index in [0.717, 1.165) is 24.5 Å². The van der Waals surface area contributed by atoms with E-state index in [1.165, 1.54) is 12.1 Å². The lowest BCUT2D eigenvalue weighted by molar-refractivity contribution is 0.578. The Hall–Kier alpha value is -0.920. The van der Waals surface area contributed by atoms with Gasteiger partial charge in [0.1, 0.15) is 11.6 Å². The van der Waals surface area contributed by atoms with Gasteiger partial charge in [-0.15, -0.1) is 0 Å². The maximum Gasteiger partial charge on any atom is 0.126 e. The van der Waals surface area contributed by atoms with Crippen molar-refractivity contribution < 1.29 is 8.78 Å². The lowest BCUT2D eigenvalue weighted by Crippen LogP contribution is -1.87. The Morgan fingerprint density at radius 1 is 1.23 bits per heavy atom. The Kier molecular flexibility index (Phi) is 2.06. The molecular weight excluding hydrogens is 170 g/mol. The van der Waals surface area contributed by atoms with Crippen molar-refractivity contribution in [3.8, 4) is 0 Å². The number of hydrogen-bond acceptors (Lipinski definition) is 0. The SMILES string of the molecule is CCC1CC1c1cc(F)cc(F)c1. The largest absolute Gasteiger partial charge is 0.207 e. The van der Waals surface area contributed by atoms with Crippen LogP contribution in [0.4, 0.5) is 8.78 Å². The van der Waals surface area contributed by atoms with Gasteiger partial charge in [0.2, 0.25) is 0 Å². The van der Waals surface area contributed by atoms with E-state index in [-0.39, 0.29) is 0 Å². The van der Waals surface area contributed by atoms with Crippen molar-refractivity contribution in [3.05, 3.63) is 35.4 Å². The van der Waals surface area contributed by atoms with E-state index in [2.05, 4.69) is 6.92 Å². The summed E-state index contributed by atoms with van der Waals surface area (Å²) < 4.78 is 25.6. The molecule has 0 nitrogen and oxygen atoms in total. The minimum absolute atomic E-state index is 0.398. The van der Waals surface area contributed by atoms with Gasteiger partial charge in [0, 0.05) is 6.07 Å². The summed E-state index contributed by atoms with van der Waals surface area (Å²) in [6.45, 7) is 2.11. The van der Waals surface area contributed by atoms with Crippen LogP contribution >= 0.6 is 0 Å². The molecule has 13 heavy (non-hydrogen) atoms. The van der Waals surface area contributed by atoms with Crippen molar-refractivity contribution in [2.75, 3.05) is 0 Å². The molecule has 1 fully saturated rings. The molecular formula is C11H12F2. The molecule has 2 rings (SSSR count). The second-order valence-electron chi connectivity index (χ2n) is 3.71. The molecule has 0 aliphatic heterocycles. The molecule has 1 aliphatic rings. The van der Waals surface area contributed by atoms with Gasteiger partial charge in [0.05, 0.1) is 0 Å². The molecule has 1 saturated carbocycles. The third-order valence-corrected chi connectivity index (χ3v) is 2.76. The number of rotatable bonds is 2. The van der Waals surface area contributed by atoms with Crippen LogP contribution in [0, 0.1) is 17.6 Å². The van der Waals surface area contributed by atoms with Crippen molar-refractivity contribution in [3.63, 3.8) is 0 Å². The predicted octanol–water partition coefficient (Wildman–Crippen LogP) is 3.48. The van der Waals surface area contributed by atoms with Gasteiger partial charge in [-0.25, -0.2) is 8.78 Å². The van der Waals surface area contributed by atoms with Crippen LogP contribution < -0.4 is 0 Å². The van der Waals surface area contributed by atoms with Crippen LogP contribution in [0.5, 0.6) is 0 Å². The fraction of sp³-hybridized carbons (Fsp3) is 0.455. The first-order chi connectivity index (χ1) is 6.20. The van der Waals surface area contributed by atoms with E-state index in [1.54, 1.807) is 0 Å². The third kappa shape index (κ3) is 1.71. The van der Waals surface area contributed by atoms with E-state index in [1.807, 2.05) is 0 Å². The molecule has 2 unspecified atom stereocenters. The smallest absolute Gasteiger partial charge is 0.126 e. The standard InChI is InChI=1S/C11H12F2/c1-2-7-5-11(7)8-3-9(12)6-10(13)4-8/h3-4,6-7,11H,2,5H2,1H3. The molecule has 0 radical (unpaired) electrons. The molecule has 0 spiro atoms. The van der Waals surface area contributed by atoms with Gasteiger partial charge in [-0.2, -0.15) is 0 Å². The molecule has 0 amide bonds. The average Bonchev–Trinajstić information content (AvgIpc) is 2.80. The molecule has 1 aromatic rings. The van der Waals surface area contributed by atoms with E-state index in [0.29, 0.717) is 11.8 Å². The van der Waals surface area contributed by atoms with Crippen LogP contribution in [-0.4, -0.2) is 0 Å². The Morgan fingerprint density at radius 2 is 1.85 bits per heavy atom. The fourth-order valence-corrected chi connectivity index (χ4v) is 1.90. The van der Waals surface area contributed by atoms with E-state index in [4.69, 9.17) is 0 Å². The van der Waals surface area contributed by atoms with Crippen LogP contribution in [0.15, 0.2) is 18.2 Å². The second-order valence-corrected chi connectivity index (χ2v) is 3.71. The third-order valence-electron chi connectivity index (χ3n) is 2.76. The topological polar surface area (TPSA) is 0 Å². The summed E-state index contributed by atoms with van der Waals surface area (Å²) in [6.07, 6.45) is 2.18. The van der Waals surface area contributed by atoms with Gasteiger partial charge in [-0.3, -0.25) is 0 Å². The molecule has 2 atom stereocenters. The molecule has 0 bridgehead atoms. The summed E-state index contributed by atoms with van der Waals surface area (Å²) in [5, 5.41) is 0. The zero-order valence-corrected chi connectivity index (χ0v) is 7.56. The lowest BCUT2D eigenvalue weighted by atomic mass is 10.1. The highest BCUT2D eigenvalue weighted by Crippen LogP contribution is 2.49. The maximum absolute atomic E-state index is 12.8. The van der Waals surface area contributed by atoms with Crippen molar-refractivity contribution in [1.29, 1.82) is 0 Å². The van der Waals surface area contributed by atoms with Crippen molar-refractivity contribution in [1.82, 2.24) is 0 Å². The highest BCUT2D eigenvalue weighted by atomic mass is 19.1. The minimum Gasteiger partial charge on any atom is -0.207 e. The Labute approximate surface area is 76.6 Å². The summed E-state index contributed by atoms with van der Waals surface area (Å²) in [5.41, 5.74) is 0.823. The molecule has 1 aromatic carbocycles. The van der Waals surface area contributed by atoms with Gasteiger partial charge in [0.15, 0.2) is 0 Å². The quantitative estimate of drug-likeness (QED) is 0.656. The predicted molar refractivity (Wildman–Crippen MR) is 47.5 cm³/mol. The number of halogens is 2. The van der Waals surface area contributed by atoms with Gasteiger partial charge >= 0.3 is 0 Å². The zero-order valence-electron chi connectivity index (χ0n) is 7.56. The highest BCUT2D eigenvalue weighted by Gasteiger charge is 2.36. The van der Waals surface area contributed by atoms with E-state index >= 15 is 0 Å². The molecule has 0 heterocycles. The van der Waals surface area contributed by atoms with Crippen molar-refractivity contribution in [2.45, 2.75) is 25.7 Å². The number of benzene rings is 1. The van der Waals surface area contributed by atoms with Crippen LogP contribution in [0.3, 0.4) is 0 Å². The normalized spacial score (nSPS) is 26.1. The summed E-state index contributed by atoms with van der Waals surface area (Å²) in [5.74, 6) is 0.116. The zero-order chi connectivity index (χ0) is 9.42. The Morgan fingerprint density at radius 3 is 2.31 bits per heavy atom. The Bertz CT molecular complexity index is 300. The van der Waals surface area contributed by atoms with Crippen molar-refractivity contribution >= 4 is 0 Å². The molecule has 2 heteroatoms.